The van der Waals surface area contributed by atoms with Crippen molar-refractivity contribution in [1.82, 2.24) is 5.32 Å². The Balaban J connectivity index is 3.39. The first-order chi connectivity index (χ1) is 31.0. The number of aliphatic hydroxyl groups excluding tert-OH is 2. The van der Waals surface area contributed by atoms with Crippen molar-refractivity contribution in [2.75, 3.05) is 13.2 Å². The third-order valence-corrected chi connectivity index (χ3v) is 13.3. The Morgan fingerprint density at radius 3 is 1.13 bits per heavy atom. The van der Waals surface area contributed by atoms with Crippen LogP contribution in [0.25, 0.3) is 0 Å². The van der Waals surface area contributed by atoms with Crippen LogP contribution in [0.2, 0.25) is 0 Å². The molecule has 0 spiro atoms. The van der Waals surface area contributed by atoms with E-state index in [9.17, 15) is 19.8 Å². The largest absolute Gasteiger partial charge is 0.466 e. The van der Waals surface area contributed by atoms with Gasteiger partial charge >= 0.3 is 5.97 Å². The molecule has 6 heteroatoms. The van der Waals surface area contributed by atoms with Gasteiger partial charge in [0.15, 0.2) is 0 Å². The second-order valence-corrected chi connectivity index (χ2v) is 19.6. The fourth-order valence-corrected chi connectivity index (χ4v) is 8.93. The number of carbonyl (C=O) groups is 2. The van der Waals surface area contributed by atoms with Crippen molar-refractivity contribution >= 4 is 11.9 Å². The fourth-order valence-electron chi connectivity index (χ4n) is 8.93. The lowest BCUT2D eigenvalue weighted by atomic mass is 10.0. The van der Waals surface area contributed by atoms with Gasteiger partial charge in [0.25, 0.3) is 0 Å². The van der Waals surface area contributed by atoms with Crippen LogP contribution in [-0.4, -0.2) is 47.4 Å². The zero-order chi connectivity index (χ0) is 45.8. The predicted octanol–water partition coefficient (Wildman–Crippen LogP) is 17.3. The first-order valence-electron chi connectivity index (χ1n) is 28.4. The number of carbonyl (C=O) groups excluding carboxylic acids is 2. The molecule has 0 fully saturated rings. The van der Waals surface area contributed by atoms with Gasteiger partial charge in [-0.1, -0.05) is 264 Å². The summed E-state index contributed by atoms with van der Waals surface area (Å²) in [4.78, 5) is 24.5. The molecule has 0 rings (SSSR count). The molecule has 2 atom stereocenters. The second-order valence-electron chi connectivity index (χ2n) is 19.6. The third kappa shape index (κ3) is 49.9. The van der Waals surface area contributed by atoms with E-state index in [4.69, 9.17) is 4.74 Å². The molecule has 0 aliphatic rings. The maximum absolute atomic E-state index is 12.4. The van der Waals surface area contributed by atoms with Gasteiger partial charge in [0.2, 0.25) is 5.91 Å². The van der Waals surface area contributed by atoms with Gasteiger partial charge in [0.1, 0.15) is 0 Å². The van der Waals surface area contributed by atoms with Gasteiger partial charge in [-0.3, -0.25) is 9.59 Å². The Morgan fingerprint density at radius 1 is 0.429 bits per heavy atom. The highest BCUT2D eigenvalue weighted by Gasteiger charge is 2.20. The number of unbranched alkanes of at least 4 members (excludes halogenated alkanes) is 40. The molecule has 0 aliphatic heterocycles. The minimum atomic E-state index is -0.667. The van der Waals surface area contributed by atoms with Crippen LogP contribution in [0.4, 0.5) is 0 Å². The summed E-state index contributed by atoms with van der Waals surface area (Å²) < 4.78 is 5.48. The minimum absolute atomic E-state index is 0.00810. The van der Waals surface area contributed by atoms with E-state index in [1.165, 1.54) is 244 Å². The van der Waals surface area contributed by atoms with Crippen LogP contribution in [-0.2, 0) is 14.3 Å². The number of amides is 1. The molecule has 2 unspecified atom stereocenters. The molecule has 0 bridgehead atoms. The van der Waals surface area contributed by atoms with E-state index in [0.29, 0.717) is 25.9 Å². The van der Waals surface area contributed by atoms with E-state index in [-0.39, 0.29) is 18.5 Å². The highest BCUT2D eigenvalue weighted by Crippen LogP contribution is 2.17. The molecule has 0 aromatic carbocycles. The maximum Gasteiger partial charge on any atom is 0.305 e. The molecular weight excluding hydrogens is 779 g/mol. The number of allylic oxidation sites excluding steroid dienone is 2. The number of nitrogens with one attached hydrogen (secondary N) is 1. The van der Waals surface area contributed by atoms with E-state index in [0.717, 1.165) is 38.5 Å². The van der Waals surface area contributed by atoms with Gasteiger partial charge in [-0.2, -0.15) is 0 Å². The van der Waals surface area contributed by atoms with Crippen molar-refractivity contribution in [2.24, 2.45) is 0 Å². The SMILES string of the molecule is CCCCCCCCCCCCCCCCCCCC(=O)OCCCCCCCCCC/C=C\CCCCCCCCCC(=O)NC(CO)C(O)CCCCCCCCCCCC. The van der Waals surface area contributed by atoms with Gasteiger partial charge in [0.05, 0.1) is 25.4 Å². The summed E-state index contributed by atoms with van der Waals surface area (Å²) in [6.45, 7) is 4.94. The summed E-state index contributed by atoms with van der Waals surface area (Å²) in [5.74, 6) is -0.0373. The number of aliphatic hydroxyl groups is 2. The molecule has 0 heterocycles. The van der Waals surface area contributed by atoms with Crippen LogP contribution in [0.3, 0.4) is 0 Å². The number of ether oxygens (including phenoxy) is 1. The summed E-state index contributed by atoms with van der Waals surface area (Å²) in [5.41, 5.74) is 0. The predicted molar refractivity (Wildman–Crippen MR) is 273 cm³/mol. The lowest BCUT2D eigenvalue weighted by Gasteiger charge is -2.22. The standard InChI is InChI=1S/C57H111NO5/c1-3-5-7-9-11-13-15-16-17-21-25-28-31-35-39-43-47-51-57(62)63-52-48-44-40-36-32-29-26-23-20-18-19-22-24-27-30-34-38-42-46-50-56(61)58-54(53-59)55(60)49-45-41-37-33-14-12-10-8-6-4-2/h18-19,54-55,59-60H,3-17,20-53H2,1-2H3,(H,58,61)/b19-18-. The van der Waals surface area contributed by atoms with E-state index in [1.807, 2.05) is 0 Å². The molecule has 63 heavy (non-hydrogen) atoms. The Kier molecular flexibility index (Phi) is 52.0. The molecule has 0 saturated carbocycles. The highest BCUT2D eigenvalue weighted by molar-refractivity contribution is 5.76. The Hall–Kier alpha value is -1.40. The summed E-state index contributed by atoms with van der Waals surface area (Å²) in [6.07, 6.45) is 62.1. The normalized spacial score (nSPS) is 12.6. The van der Waals surface area contributed by atoms with Crippen LogP contribution < -0.4 is 5.32 Å². The van der Waals surface area contributed by atoms with Crippen molar-refractivity contribution in [3.05, 3.63) is 12.2 Å². The Labute approximate surface area is 393 Å². The summed E-state index contributed by atoms with van der Waals surface area (Å²) in [6, 6.07) is -0.546. The first kappa shape index (κ1) is 61.6. The molecule has 0 radical (unpaired) electrons. The lowest BCUT2D eigenvalue weighted by molar-refractivity contribution is -0.143. The topological polar surface area (TPSA) is 95.9 Å². The quantitative estimate of drug-likeness (QED) is 0.0321. The molecule has 0 aromatic rings. The van der Waals surface area contributed by atoms with Gasteiger partial charge in [-0.05, 0) is 51.4 Å². The van der Waals surface area contributed by atoms with E-state index in [2.05, 4.69) is 31.3 Å². The van der Waals surface area contributed by atoms with Crippen molar-refractivity contribution in [3.63, 3.8) is 0 Å². The molecule has 3 N–H and O–H groups in total. The molecule has 6 nitrogen and oxygen atoms in total. The van der Waals surface area contributed by atoms with Crippen LogP contribution in [0.5, 0.6) is 0 Å². The zero-order valence-electron chi connectivity index (χ0n) is 42.6. The highest BCUT2D eigenvalue weighted by atomic mass is 16.5. The zero-order valence-corrected chi connectivity index (χ0v) is 42.6. The van der Waals surface area contributed by atoms with E-state index < -0.39 is 12.1 Å². The monoisotopic (exact) mass is 890 g/mol. The number of hydrogen-bond donors (Lipinski definition) is 3. The first-order valence-corrected chi connectivity index (χ1v) is 28.4. The fraction of sp³-hybridized carbons (Fsp3) is 0.930. The maximum atomic E-state index is 12.4. The minimum Gasteiger partial charge on any atom is -0.466 e. The Bertz CT molecular complexity index is 939. The molecule has 374 valence electrons. The second kappa shape index (κ2) is 53.2. The van der Waals surface area contributed by atoms with E-state index in [1.54, 1.807) is 0 Å². The average Bonchev–Trinajstić information content (AvgIpc) is 3.28. The molecule has 1 amide bonds. The van der Waals surface area contributed by atoms with Crippen LogP contribution in [0.1, 0.15) is 316 Å². The van der Waals surface area contributed by atoms with E-state index >= 15 is 0 Å². The molecule has 0 aliphatic carbocycles. The lowest BCUT2D eigenvalue weighted by Crippen LogP contribution is -2.45. The summed E-state index contributed by atoms with van der Waals surface area (Å²) in [5, 5.41) is 23.1. The molecular formula is C57H111NO5. The van der Waals surface area contributed by atoms with Crippen LogP contribution in [0.15, 0.2) is 12.2 Å². The summed E-state index contributed by atoms with van der Waals surface area (Å²) >= 11 is 0. The average molecular weight is 891 g/mol. The van der Waals surface area contributed by atoms with Gasteiger partial charge < -0.3 is 20.3 Å². The van der Waals surface area contributed by atoms with Crippen molar-refractivity contribution in [2.45, 2.75) is 328 Å². The van der Waals surface area contributed by atoms with Gasteiger partial charge in [-0.25, -0.2) is 0 Å². The number of rotatable bonds is 53. The number of hydrogen-bond acceptors (Lipinski definition) is 5. The van der Waals surface area contributed by atoms with Crippen molar-refractivity contribution in [3.8, 4) is 0 Å². The van der Waals surface area contributed by atoms with Crippen molar-refractivity contribution < 1.29 is 24.5 Å². The summed E-state index contributed by atoms with van der Waals surface area (Å²) in [7, 11) is 0. The molecule has 0 saturated heterocycles. The Morgan fingerprint density at radius 2 is 0.746 bits per heavy atom. The third-order valence-electron chi connectivity index (χ3n) is 13.3. The smallest absolute Gasteiger partial charge is 0.305 e. The number of esters is 1. The van der Waals surface area contributed by atoms with Gasteiger partial charge in [-0.15, -0.1) is 0 Å². The van der Waals surface area contributed by atoms with Crippen LogP contribution >= 0.6 is 0 Å². The van der Waals surface area contributed by atoms with Crippen molar-refractivity contribution in [1.29, 1.82) is 0 Å². The van der Waals surface area contributed by atoms with Gasteiger partial charge in [0, 0.05) is 12.8 Å². The molecule has 0 aromatic heterocycles. The van der Waals surface area contributed by atoms with Crippen LogP contribution in [0, 0.1) is 0 Å².